The second-order valence-corrected chi connectivity index (χ2v) is 6.85. The van der Waals surface area contributed by atoms with E-state index in [9.17, 15) is 0 Å². The average molecular weight is 245 g/mol. The van der Waals surface area contributed by atoms with Crippen LogP contribution in [-0.2, 0) is 6.54 Å². The maximum absolute atomic E-state index is 5.79. The lowest BCUT2D eigenvalue weighted by Gasteiger charge is -2.54. The van der Waals surface area contributed by atoms with E-state index in [4.69, 9.17) is 10.8 Å². The van der Waals surface area contributed by atoms with Crippen LogP contribution in [0.25, 0.3) is 0 Å². The number of hydrogen-bond donors (Lipinski definition) is 1. The molecule has 0 radical (unpaired) electrons. The van der Waals surface area contributed by atoms with E-state index in [1.807, 2.05) is 0 Å². The van der Waals surface area contributed by atoms with Crippen molar-refractivity contribution < 1.29 is 0 Å². The summed E-state index contributed by atoms with van der Waals surface area (Å²) < 4.78 is 2.28. The molecule has 4 bridgehead atoms. The van der Waals surface area contributed by atoms with Crippen LogP contribution in [0.5, 0.6) is 0 Å². The van der Waals surface area contributed by atoms with Crippen LogP contribution < -0.4 is 5.73 Å². The van der Waals surface area contributed by atoms with Gasteiger partial charge in [-0.3, -0.25) is 4.68 Å². The molecule has 0 amide bonds. The van der Waals surface area contributed by atoms with Crippen molar-refractivity contribution in [1.29, 1.82) is 0 Å². The van der Waals surface area contributed by atoms with Gasteiger partial charge in [0.15, 0.2) is 0 Å². The molecule has 4 aliphatic carbocycles. The number of aromatic nitrogens is 2. The van der Waals surface area contributed by atoms with Crippen molar-refractivity contribution in [2.24, 2.45) is 29.4 Å². The summed E-state index contributed by atoms with van der Waals surface area (Å²) in [7, 11) is 0. The summed E-state index contributed by atoms with van der Waals surface area (Å²) in [6, 6.07) is 0.678. The molecular weight excluding hydrogens is 222 g/mol. The van der Waals surface area contributed by atoms with E-state index < -0.39 is 0 Å². The Morgan fingerprint density at radius 3 is 2.28 bits per heavy atom. The first-order valence-electron chi connectivity index (χ1n) is 7.49. The molecule has 1 heterocycles. The Morgan fingerprint density at radius 1 is 1.17 bits per heavy atom. The van der Waals surface area contributed by atoms with Crippen LogP contribution in [0.1, 0.15) is 49.4 Å². The summed E-state index contributed by atoms with van der Waals surface area (Å²) in [6.07, 6.45) is 9.56. The van der Waals surface area contributed by atoms with Crippen molar-refractivity contribution in [1.82, 2.24) is 9.78 Å². The van der Waals surface area contributed by atoms with E-state index >= 15 is 0 Å². The van der Waals surface area contributed by atoms with Crippen molar-refractivity contribution in [3.05, 3.63) is 17.5 Å². The summed E-state index contributed by atoms with van der Waals surface area (Å²) in [4.78, 5) is 0. The minimum Gasteiger partial charge on any atom is -0.326 e. The zero-order chi connectivity index (χ0) is 12.3. The van der Waals surface area contributed by atoms with Gasteiger partial charge in [-0.1, -0.05) is 0 Å². The standard InChI is InChI=1S/C15H23N3/c1-9-14(7-16)8-18(17-9)15-12-3-10-2-11(5-12)6-13(15)4-10/h8,10-13,15H,2-7,16H2,1H3. The van der Waals surface area contributed by atoms with Gasteiger partial charge in [-0.25, -0.2) is 0 Å². The van der Waals surface area contributed by atoms with Gasteiger partial charge in [-0.2, -0.15) is 5.10 Å². The maximum atomic E-state index is 5.79. The van der Waals surface area contributed by atoms with Gasteiger partial charge in [0, 0.05) is 18.3 Å². The highest BCUT2D eigenvalue weighted by molar-refractivity contribution is 5.16. The first kappa shape index (κ1) is 11.0. The molecule has 4 fully saturated rings. The van der Waals surface area contributed by atoms with Gasteiger partial charge in [0.25, 0.3) is 0 Å². The predicted molar refractivity (Wildman–Crippen MR) is 70.9 cm³/mol. The van der Waals surface area contributed by atoms with Crippen LogP contribution in [0.2, 0.25) is 0 Å². The summed E-state index contributed by atoms with van der Waals surface area (Å²) >= 11 is 0. The summed E-state index contributed by atoms with van der Waals surface area (Å²) in [5, 5.41) is 4.76. The smallest absolute Gasteiger partial charge is 0.0638 e. The average Bonchev–Trinajstić information content (AvgIpc) is 2.69. The van der Waals surface area contributed by atoms with Crippen molar-refractivity contribution in [2.75, 3.05) is 0 Å². The summed E-state index contributed by atoms with van der Waals surface area (Å²) in [5.74, 6) is 3.86. The molecule has 0 unspecified atom stereocenters. The minimum absolute atomic E-state index is 0.624. The fourth-order valence-electron chi connectivity index (χ4n) is 5.20. The van der Waals surface area contributed by atoms with Gasteiger partial charge in [0.1, 0.15) is 0 Å². The normalized spacial score (nSPS) is 41.6. The second-order valence-electron chi connectivity index (χ2n) is 6.85. The van der Waals surface area contributed by atoms with E-state index in [0.29, 0.717) is 12.6 Å². The molecule has 18 heavy (non-hydrogen) atoms. The van der Waals surface area contributed by atoms with E-state index in [2.05, 4.69) is 17.8 Å². The lowest BCUT2D eigenvalue weighted by atomic mass is 9.54. The molecule has 98 valence electrons. The van der Waals surface area contributed by atoms with Gasteiger partial charge >= 0.3 is 0 Å². The minimum atomic E-state index is 0.624. The number of hydrogen-bond acceptors (Lipinski definition) is 2. The summed E-state index contributed by atoms with van der Waals surface area (Å²) in [5.41, 5.74) is 8.14. The van der Waals surface area contributed by atoms with Crippen LogP contribution >= 0.6 is 0 Å². The van der Waals surface area contributed by atoms with Gasteiger partial charge < -0.3 is 5.73 Å². The van der Waals surface area contributed by atoms with Crippen LogP contribution in [0.4, 0.5) is 0 Å². The fourth-order valence-corrected chi connectivity index (χ4v) is 5.20. The Balaban J connectivity index is 1.67. The molecular formula is C15H23N3. The largest absolute Gasteiger partial charge is 0.326 e. The van der Waals surface area contributed by atoms with E-state index in [-0.39, 0.29) is 0 Å². The van der Waals surface area contributed by atoms with Gasteiger partial charge in [0.2, 0.25) is 0 Å². The molecule has 0 saturated heterocycles. The summed E-state index contributed by atoms with van der Waals surface area (Å²) in [6.45, 7) is 2.72. The first-order valence-corrected chi connectivity index (χ1v) is 7.49. The Bertz CT molecular complexity index is 434. The lowest BCUT2D eigenvalue weighted by Crippen LogP contribution is -2.46. The second kappa shape index (κ2) is 3.83. The zero-order valence-corrected chi connectivity index (χ0v) is 11.2. The predicted octanol–water partition coefficient (Wildman–Crippen LogP) is 2.65. The topological polar surface area (TPSA) is 43.8 Å². The molecule has 0 atom stereocenters. The van der Waals surface area contributed by atoms with Crippen LogP contribution in [-0.4, -0.2) is 9.78 Å². The zero-order valence-electron chi connectivity index (χ0n) is 11.2. The Kier molecular flexibility index (Phi) is 2.35. The molecule has 4 saturated carbocycles. The third kappa shape index (κ3) is 1.49. The third-order valence-corrected chi connectivity index (χ3v) is 5.72. The third-order valence-electron chi connectivity index (χ3n) is 5.72. The van der Waals surface area contributed by atoms with E-state index in [0.717, 1.165) is 29.4 Å². The molecule has 4 aliphatic rings. The number of rotatable bonds is 2. The van der Waals surface area contributed by atoms with Crippen molar-refractivity contribution in [2.45, 2.75) is 51.6 Å². The fraction of sp³-hybridized carbons (Fsp3) is 0.800. The maximum Gasteiger partial charge on any atom is 0.0638 e. The number of nitrogens with two attached hydrogens (primary N) is 1. The van der Waals surface area contributed by atoms with Gasteiger partial charge in [0.05, 0.1) is 11.7 Å². The van der Waals surface area contributed by atoms with Gasteiger partial charge in [-0.05, 0) is 62.7 Å². The molecule has 0 aromatic carbocycles. The molecule has 0 spiro atoms. The highest BCUT2D eigenvalue weighted by atomic mass is 15.3. The highest BCUT2D eigenvalue weighted by Gasteiger charge is 2.49. The molecule has 3 nitrogen and oxygen atoms in total. The Hall–Kier alpha value is -0.830. The van der Waals surface area contributed by atoms with Crippen LogP contribution in [0, 0.1) is 30.6 Å². The molecule has 0 aliphatic heterocycles. The quantitative estimate of drug-likeness (QED) is 0.870. The Morgan fingerprint density at radius 2 is 1.78 bits per heavy atom. The molecule has 1 aromatic heterocycles. The van der Waals surface area contributed by atoms with Crippen molar-refractivity contribution in [3.63, 3.8) is 0 Å². The molecule has 1 aromatic rings. The molecule has 2 N–H and O–H groups in total. The van der Waals surface area contributed by atoms with E-state index in [1.54, 1.807) is 0 Å². The van der Waals surface area contributed by atoms with Crippen LogP contribution in [0.15, 0.2) is 6.20 Å². The van der Waals surface area contributed by atoms with E-state index in [1.165, 1.54) is 37.7 Å². The lowest BCUT2D eigenvalue weighted by molar-refractivity contribution is -0.0337. The number of nitrogens with zero attached hydrogens (tertiary/aromatic N) is 2. The molecule has 3 heteroatoms. The van der Waals surface area contributed by atoms with Crippen LogP contribution in [0.3, 0.4) is 0 Å². The monoisotopic (exact) mass is 245 g/mol. The molecule has 5 rings (SSSR count). The highest BCUT2D eigenvalue weighted by Crippen LogP contribution is 2.58. The van der Waals surface area contributed by atoms with Gasteiger partial charge in [-0.15, -0.1) is 0 Å². The SMILES string of the molecule is Cc1nn(C2C3CC4CC(C3)CC2C4)cc1CN. The van der Waals surface area contributed by atoms with Crippen molar-refractivity contribution >= 4 is 0 Å². The van der Waals surface area contributed by atoms with Crippen molar-refractivity contribution in [3.8, 4) is 0 Å². The number of aryl methyl sites for hydroxylation is 1. The Labute approximate surface area is 109 Å². The first-order chi connectivity index (χ1) is 8.74.